The van der Waals surface area contributed by atoms with Gasteiger partial charge in [-0.25, -0.2) is 13.4 Å². The monoisotopic (exact) mass is 418 g/mol. The molecule has 1 aromatic heterocycles. The van der Waals surface area contributed by atoms with Gasteiger partial charge in [0.15, 0.2) is 0 Å². The zero-order valence-corrected chi connectivity index (χ0v) is 17.6. The number of nitrogens with zero attached hydrogens (tertiary/aromatic N) is 1. The van der Waals surface area contributed by atoms with E-state index < -0.39 is 10.0 Å². The average Bonchev–Trinajstić information content (AvgIpc) is 3.09. The van der Waals surface area contributed by atoms with Gasteiger partial charge in [0.25, 0.3) is 10.0 Å². The minimum Gasteiger partial charge on any atom is -0.494 e. The van der Waals surface area contributed by atoms with Crippen molar-refractivity contribution < 1.29 is 17.9 Å². The Bertz CT molecular complexity index is 1060. The summed E-state index contributed by atoms with van der Waals surface area (Å²) in [7, 11) is -3.84. The number of rotatable bonds is 8. The lowest BCUT2D eigenvalue weighted by Crippen LogP contribution is -2.14. The Hall–Kier alpha value is -2.58. The van der Waals surface area contributed by atoms with Crippen LogP contribution >= 0.6 is 11.3 Å². The van der Waals surface area contributed by atoms with Crippen LogP contribution in [0.5, 0.6) is 11.5 Å². The first kappa shape index (κ1) is 20.2. The van der Waals surface area contributed by atoms with Crippen LogP contribution in [-0.4, -0.2) is 26.6 Å². The Labute approximate surface area is 169 Å². The number of aryl methyl sites for hydroxylation is 1. The van der Waals surface area contributed by atoms with E-state index >= 15 is 0 Å². The van der Waals surface area contributed by atoms with Crippen molar-refractivity contribution in [3.8, 4) is 22.8 Å². The number of hydrogen-bond donors (Lipinski definition) is 1. The van der Waals surface area contributed by atoms with Gasteiger partial charge in [-0.2, -0.15) is 0 Å². The summed E-state index contributed by atoms with van der Waals surface area (Å²) in [4.78, 5) is 4.51. The van der Waals surface area contributed by atoms with Crippen molar-refractivity contribution in [3.63, 3.8) is 0 Å². The second-order valence-electron chi connectivity index (χ2n) is 5.91. The Balaban J connectivity index is 1.92. The summed E-state index contributed by atoms with van der Waals surface area (Å²) >= 11 is 1.55. The predicted molar refractivity (Wildman–Crippen MR) is 112 cm³/mol. The van der Waals surface area contributed by atoms with Crippen molar-refractivity contribution in [1.82, 2.24) is 4.98 Å². The van der Waals surface area contributed by atoms with Crippen LogP contribution < -0.4 is 14.2 Å². The molecule has 1 heterocycles. The zero-order chi connectivity index (χ0) is 20.1. The van der Waals surface area contributed by atoms with E-state index in [9.17, 15) is 8.42 Å². The highest BCUT2D eigenvalue weighted by atomic mass is 32.2. The number of sulfonamides is 1. The summed E-state index contributed by atoms with van der Waals surface area (Å²) in [5.74, 6) is 0.818. The normalized spacial score (nSPS) is 11.2. The molecule has 8 heteroatoms. The van der Waals surface area contributed by atoms with Crippen molar-refractivity contribution in [2.45, 2.75) is 25.7 Å². The number of anilines is 1. The van der Waals surface area contributed by atoms with Gasteiger partial charge < -0.3 is 9.47 Å². The van der Waals surface area contributed by atoms with Crippen molar-refractivity contribution in [2.24, 2.45) is 0 Å². The van der Waals surface area contributed by atoms with Gasteiger partial charge >= 0.3 is 0 Å². The molecule has 0 amide bonds. The van der Waals surface area contributed by atoms with E-state index in [0.717, 1.165) is 16.3 Å². The zero-order valence-electron chi connectivity index (χ0n) is 15.9. The Kier molecular flexibility index (Phi) is 6.21. The van der Waals surface area contributed by atoms with Crippen molar-refractivity contribution in [3.05, 3.63) is 52.9 Å². The molecule has 0 saturated heterocycles. The van der Waals surface area contributed by atoms with Gasteiger partial charge in [0, 0.05) is 22.7 Å². The summed E-state index contributed by atoms with van der Waals surface area (Å²) < 4.78 is 39.6. The molecular weight excluding hydrogens is 396 g/mol. The molecule has 0 atom stereocenters. The van der Waals surface area contributed by atoms with Gasteiger partial charge in [-0.05, 0) is 45.0 Å². The van der Waals surface area contributed by atoms with Gasteiger partial charge in [-0.3, -0.25) is 4.72 Å². The molecule has 0 spiro atoms. The first-order valence-electron chi connectivity index (χ1n) is 8.88. The molecule has 0 saturated carbocycles. The molecule has 0 bridgehead atoms. The summed E-state index contributed by atoms with van der Waals surface area (Å²) in [6.45, 7) is 6.43. The third-order valence-corrected chi connectivity index (χ3v) is 6.04. The van der Waals surface area contributed by atoms with Gasteiger partial charge in [0.1, 0.15) is 16.4 Å². The quantitative estimate of drug-likeness (QED) is 0.573. The van der Waals surface area contributed by atoms with Crippen LogP contribution in [0.4, 0.5) is 5.69 Å². The molecule has 3 rings (SSSR count). The highest BCUT2D eigenvalue weighted by Crippen LogP contribution is 2.31. The number of aromatic nitrogens is 1. The van der Waals surface area contributed by atoms with E-state index in [0.29, 0.717) is 24.7 Å². The molecule has 1 N–H and O–H groups in total. The lowest BCUT2D eigenvalue weighted by Gasteiger charge is -2.14. The van der Waals surface area contributed by atoms with Crippen LogP contribution in [0.2, 0.25) is 0 Å². The van der Waals surface area contributed by atoms with E-state index in [4.69, 9.17) is 9.47 Å². The summed E-state index contributed by atoms with van der Waals surface area (Å²) in [6, 6.07) is 11.9. The van der Waals surface area contributed by atoms with Crippen LogP contribution in [0.3, 0.4) is 0 Å². The molecule has 28 heavy (non-hydrogen) atoms. The fourth-order valence-corrected chi connectivity index (χ4v) is 4.48. The summed E-state index contributed by atoms with van der Waals surface area (Å²) in [5, 5.41) is 2.90. The van der Waals surface area contributed by atoms with Crippen molar-refractivity contribution in [2.75, 3.05) is 17.9 Å². The minimum absolute atomic E-state index is 0.0627. The first-order chi connectivity index (χ1) is 13.4. The molecule has 148 valence electrons. The van der Waals surface area contributed by atoms with Crippen LogP contribution in [0.25, 0.3) is 11.3 Å². The SMILES string of the molecule is CCOc1ccc(S(=O)(=O)Nc2cccc(-c3csc(C)n3)c2)c(OCC)c1. The van der Waals surface area contributed by atoms with Crippen molar-refractivity contribution >= 4 is 27.0 Å². The summed E-state index contributed by atoms with van der Waals surface area (Å²) in [5.41, 5.74) is 2.13. The highest BCUT2D eigenvalue weighted by Gasteiger charge is 2.21. The second kappa shape index (κ2) is 8.62. The third-order valence-electron chi connectivity index (χ3n) is 3.85. The first-order valence-corrected chi connectivity index (χ1v) is 11.2. The van der Waals surface area contributed by atoms with E-state index in [-0.39, 0.29) is 10.6 Å². The van der Waals surface area contributed by atoms with E-state index in [1.54, 1.807) is 48.6 Å². The average molecular weight is 419 g/mol. The maximum atomic E-state index is 13.0. The minimum atomic E-state index is -3.84. The second-order valence-corrected chi connectivity index (χ2v) is 8.63. The molecular formula is C20H22N2O4S2. The van der Waals surface area contributed by atoms with Crippen LogP contribution in [-0.2, 0) is 10.0 Å². The lowest BCUT2D eigenvalue weighted by molar-refractivity contribution is 0.317. The third kappa shape index (κ3) is 4.63. The Morgan fingerprint density at radius 1 is 1.07 bits per heavy atom. The summed E-state index contributed by atoms with van der Waals surface area (Å²) in [6.07, 6.45) is 0. The maximum absolute atomic E-state index is 13.0. The number of ether oxygens (including phenoxy) is 2. The van der Waals surface area contributed by atoms with E-state index in [2.05, 4.69) is 9.71 Å². The molecule has 0 unspecified atom stereocenters. The Morgan fingerprint density at radius 2 is 1.86 bits per heavy atom. The van der Waals surface area contributed by atoms with Gasteiger partial charge in [0.05, 0.1) is 23.9 Å². The molecule has 0 fully saturated rings. The largest absolute Gasteiger partial charge is 0.494 e. The van der Waals surface area contributed by atoms with Crippen molar-refractivity contribution in [1.29, 1.82) is 0 Å². The fraction of sp³-hybridized carbons (Fsp3) is 0.250. The topological polar surface area (TPSA) is 77.5 Å². The van der Waals surface area contributed by atoms with Gasteiger partial charge in [-0.15, -0.1) is 11.3 Å². The van der Waals surface area contributed by atoms with Crippen LogP contribution in [0.1, 0.15) is 18.9 Å². The molecule has 6 nitrogen and oxygen atoms in total. The fourth-order valence-electron chi connectivity index (χ4n) is 2.68. The highest BCUT2D eigenvalue weighted by molar-refractivity contribution is 7.92. The number of nitrogens with one attached hydrogen (secondary N) is 1. The molecule has 0 aliphatic carbocycles. The van der Waals surface area contributed by atoms with Gasteiger partial charge in [0.2, 0.25) is 0 Å². The molecule has 0 aliphatic rings. The predicted octanol–water partition coefficient (Wildman–Crippen LogP) is 4.72. The molecule has 0 radical (unpaired) electrons. The molecule has 2 aromatic carbocycles. The maximum Gasteiger partial charge on any atom is 0.265 e. The van der Waals surface area contributed by atoms with Crippen LogP contribution in [0, 0.1) is 6.92 Å². The standard InChI is InChI=1S/C20H22N2O4S2/c1-4-25-17-9-10-20(19(12-17)26-5-2)28(23,24)22-16-8-6-7-15(11-16)18-13-27-14(3)21-18/h6-13,22H,4-5H2,1-3H3. The van der Waals surface area contributed by atoms with Gasteiger partial charge in [-0.1, -0.05) is 12.1 Å². The van der Waals surface area contributed by atoms with E-state index in [1.165, 1.54) is 6.07 Å². The Morgan fingerprint density at radius 3 is 2.54 bits per heavy atom. The number of benzene rings is 2. The lowest BCUT2D eigenvalue weighted by atomic mass is 10.1. The van der Waals surface area contributed by atoms with E-state index in [1.807, 2.05) is 25.3 Å². The smallest absolute Gasteiger partial charge is 0.265 e. The number of hydrogen-bond acceptors (Lipinski definition) is 6. The molecule has 3 aromatic rings. The van der Waals surface area contributed by atoms with Crippen LogP contribution in [0.15, 0.2) is 52.7 Å². The molecule has 0 aliphatic heterocycles. The number of thiazole rings is 1.